The quantitative estimate of drug-likeness (QED) is 0.640. The number of nitrogens with one attached hydrogen (secondary N) is 1. The molecule has 1 aliphatic heterocycles. The summed E-state index contributed by atoms with van der Waals surface area (Å²) in [6, 6.07) is 11.0. The number of amides is 2. The van der Waals surface area contributed by atoms with Crippen LogP contribution in [0.2, 0.25) is 0 Å². The highest BCUT2D eigenvalue weighted by Gasteiger charge is 2.50. The molecule has 1 fully saturated rings. The van der Waals surface area contributed by atoms with Crippen LogP contribution in [0.5, 0.6) is 0 Å². The van der Waals surface area contributed by atoms with Gasteiger partial charge in [-0.3, -0.25) is 14.5 Å². The van der Waals surface area contributed by atoms with Crippen LogP contribution < -0.4 is 15.1 Å². The number of nitriles is 1. The molecule has 1 saturated heterocycles. The van der Waals surface area contributed by atoms with Gasteiger partial charge in [0.05, 0.1) is 22.9 Å². The molecule has 3 rings (SSSR count). The van der Waals surface area contributed by atoms with E-state index < -0.39 is 28.7 Å². The van der Waals surface area contributed by atoms with Gasteiger partial charge >= 0.3 is 6.18 Å². The number of hydrogen-bond donors (Lipinski definition) is 1. The minimum atomic E-state index is -4.77. The third-order valence-corrected chi connectivity index (χ3v) is 5.64. The monoisotopic (exact) mass is 474 g/mol. The minimum Gasteiger partial charge on any atom is -0.352 e. The van der Waals surface area contributed by atoms with Crippen molar-refractivity contribution >= 4 is 40.5 Å². The molecule has 1 N–H and O–H groups in total. The molecule has 2 aromatic rings. The zero-order valence-electron chi connectivity index (χ0n) is 18.2. The molecule has 1 aliphatic rings. The number of halogens is 3. The number of hydrogen-bond acceptors (Lipinski definition) is 4. The van der Waals surface area contributed by atoms with Gasteiger partial charge in [0.1, 0.15) is 5.54 Å². The molecule has 0 aliphatic carbocycles. The standard InChI is InChI=1S/C23H21F3N4O2S/c1-4-11-28-19(31)14-5-8-16(9-6-14)30-21(33)29(20(32)22(30,2)3)17-10-7-15(13-27)18(12-17)23(24,25)26/h5-10,12H,4,11H2,1-3H3,(H,28,31). The second-order valence-corrected chi connectivity index (χ2v) is 8.32. The average Bonchev–Trinajstić information content (AvgIpc) is 2.94. The Hall–Kier alpha value is -3.45. The number of carbonyl (C=O) groups is 2. The molecule has 1 heterocycles. The smallest absolute Gasteiger partial charge is 0.352 e. The molecule has 0 saturated carbocycles. The molecule has 0 radical (unpaired) electrons. The Labute approximate surface area is 194 Å². The first-order valence-corrected chi connectivity index (χ1v) is 10.5. The Kier molecular flexibility index (Phi) is 6.47. The van der Waals surface area contributed by atoms with Gasteiger partial charge in [0, 0.05) is 17.8 Å². The van der Waals surface area contributed by atoms with Crippen molar-refractivity contribution in [2.75, 3.05) is 16.3 Å². The van der Waals surface area contributed by atoms with Crippen molar-refractivity contribution in [2.45, 2.75) is 38.9 Å². The van der Waals surface area contributed by atoms with Crippen molar-refractivity contribution in [3.05, 3.63) is 59.2 Å². The summed E-state index contributed by atoms with van der Waals surface area (Å²) in [5.74, 6) is -0.753. The van der Waals surface area contributed by atoms with Gasteiger partial charge < -0.3 is 10.2 Å². The molecule has 2 amide bonds. The Morgan fingerprint density at radius 1 is 1.15 bits per heavy atom. The Morgan fingerprint density at radius 3 is 2.30 bits per heavy atom. The molecule has 0 spiro atoms. The highest BCUT2D eigenvalue weighted by Crippen LogP contribution is 2.39. The predicted octanol–water partition coefficient (Wildman–Crippen LogP) is 4.63. The second kappa shape index (κ2) is 8.83. The first-order valence-electron chi connectivity index (χ1n) is 10.1. The van der Waals surface area contributed by atoms with E-state index in [0.29, 0.717) is 17.8 Å². The van der Waals surface area contributed by atoms with Crippen LogP contribution in [0.4, 0.5) is 24.5 Å². The fraction of sp³-hybridized carbons (Fsp3) is 0.304. The maximum atomic E-state index is 13.4. The number of anilines is 2. The molecule has 0 atom stereocenters. The van der Waals surface area contributed by atoms with Crippen LogP contribution in [0.15, 0.2) is 42.5 Å². The van der Waals surface area contributed by atoms with Crippen molar-refractivity contribution in [1.29, 1.82) is 5.26 Å². The third-order valence-electron chi connectivity index (χ3n) is 5.28. The van der Waals surface area contributed by atoms with E-state index in [2.05, 4.69) is 5.32 Å². The lowest BCUT2D eigenvalue weighted by Crippen LogP contribution is -2.44. The third kappa shape index (κ3) is 4.41. The number of thiocarbonyl (C=S) groups is 1. The molecule has 0 bridgehead atoms. The molecule has 0 aromatic heterocycles. The van der Waals surface area contributed by atoms with E-state index >= 15 is 0 Å². The molecule has 6 nitrogen and oxygen atoms in total. The van der Waals surface area contributed by atoms with Crippen LogP contribution in [0, 0.1) is 11.3 Å². The minimum absolute atomic E-state index is 0.00832. The molecular formula is C23H21F3N4O2S. The number of benzene rings is 2. The van der Waals surface area contributed by atoms with Gasteiger partial charge in [-0.15, -0.1) is 0 Å². The molecule has 172 valence electrons. The van der Waals surface area contributed by atoms with Crippen LogP contribution in [-0.2, 0) is 11.0 Å². The van der Waals surface area contributed by atoms with Gasteiger partial charge in [-0.2, -0.15) is 18.4 Å². The van der Waals surface area contributed by atoms with Gasteiger partial charge in [0.15, 0.2) is 5.11 Å². The summed E-state index contributed by atoms with van der Waals surface area (Å²) in [4.78, 5) is 27.9. The summed E-state index contributed by atoms with van der Waals surface area (Å²) >= 11 is 5.50. The average molecular weight is 475 g/mol. The summed E-state index contributed by atoms with van der Waals surface area (Å²) in [5.41, 5.74) is -2.02. The lowest BCUT2D eigenvalue weighted by molar-refractivity contribution is -0.137. The fourth-order valence-electron chi connectivity index (χ4n) is 3.56. The molecule has 2 aromatic carbocycles. The van der Waals surface area contributed by atoms with Crippen LogP contribution >= 0.6 is 12.2 Å². The van der Waals surface area contributed by atoms with Gasteiger partial charge in [-0.05, 0) is 75.0 Å². The predicted molar refractivity (Wildman–Crippen MR) is 122 cm³/mol. The van der Waals surface area contributed by atoms with E-state index in [-0.39, 0.29) is 16.7 Å². The van der Waals surface area contributed by atoms with E-state index in [1.54, 1.807) is 38.1 Å². The van der Waals surface area contributed by atoms with Gasteiger partial charge in [0.2, 0.25) is 0 Å². The van der Waals surface area contributed by atoms with E-state index in [4.69, 9.17) is 17.5 Å². The normalized spacial score (nSPS) is 15.5. The van der Waals surface area contributed by atoms with E-state index in [1.165, 1.54) is 17.0 Å². The van der Waals surface area contributed by atoms with E-state index in [1.807, 2.05) is 6.92 Å². The number of alkyl halides is 3. The second-order valence-electron chi connectivity index (χ2n) is 7.96. The lowest BCUT2D eigenvalue weighted by atomic mass is 10.0. The van der Waals surface area contributed by atoms with Gasteiger partial charge in [0.25, 0.3) is 11.8 Å². The summed E-state index contributed by atoms with van der Waals surface area (Å²) in [7, 11) is 0. The number of rotatable bonds is 5. The Balaban J connectivity index is 1.99. The topological polar surface area (TPSA) is 76.4 Å². The molecular weight excluding hydrogens is 453 g/mol. The lowest BCUT2D eigenvalue weighted by Gasteiger charge is -2.29. The summed E-state index contributed by atoms with van der Waals surface area (Å²) in [5, 5.41) is 11.8. The van der Waals surface area contributed by atoms with Gasteiger partial charge in [-0.1, -0.05) is 6.92 Å². The summed E-state index contributed by atoms with van der Waals surface area (Å²) < 4.78 is 40.3. The van der Waals surface area contributed by atoms with Gasteiger partial charge in [-0.25, -0.2) is 0 Å². The zero-order chi connectivity index (χ0) is 24.6. The maximum Gasteiger partial charge on any atom is 0.417 e. The van der Waals surface area contributed by atoms with Crippen LogP contribution in [0.1, 0.15) is 48.7 Å². The SMILES string of the molecule is CCCNC(=O)c1ccc(N2C(=S)N(c3ccc(C#N)c(C(F)(F)F)c3)C(=O)C2(C)C)cc1. The molecule has 33 heavy (non-hydrogen) atoms. The highest BCUT2D eigenvalue weighted by molar-refractivity contribution is 7.81. The fourth-order valence-corrected chi connectivity index (χ4v) is 4.08. The Morgan fingerprint density at radius 2 is 1.76 bits per heavy atom. The Bertz CT molecular complexity index is 1150. The number of nitrogens with zero attached hydrogens (tertiary/aromatic N) is 3. The van der Waals surface area contributed by atoms with E-state index in [9.17, 15) is 22.8 Å². The van der Waals surface area contributed by atoms with Crippen molar-refractivity contribution in [2.24, 2.45) is 0 Å². The maximum absolute atomic E-state index is 13.4. The van der Waals surface area contributed by atoms with Crippen LogP contribution in [0.3, 0.4) is 0 Å². The molecule has 0 unspecified atom stereocenters. The largest absolute Gasteiger partial charge is 0.417 e. The zero-order valence-corrected chi connectivity index (χ0v) is 19.0. The number of carbonyl (C=O) groups excluding carboxylic acids is 2. The van der Waals surface area contributed by atoms with Crippen LogP contribution in [0.25, 0.3) is 0 Å². The summed E-state index contributed by atoms with van der Waals surface area (Å²) in [6.45, 7) is 5.70. The summed E-state index contributed by atoms with van der Waals surface area (Å²) in [6.07, 6.45) is -3.97. The van der Waals surface area contributed by atoms with Crippen molar-refractivity contribution < 1.29 is 22.8 Å². The van der Waals surface area contributed by atoms with Crippen molar-refractivity contribution in [1.82, 2.24) is 5.32 Å². The first kappa shape index (κ1) is 24.2. The van der Waals surface area contributed by atoms with Crippen molar-refractivity contribution in [3.8, 4) is 6.07 Å². The van der Waals surface area contributed by atoms with E-state index in [0.717, 1.165) is 23.5 Å². The van der Waals surface area contributed by atoms with Crippen molar-refractivity contribution in [3.63, 3.8) is 0 Å². The molecule has 10 heteroatoms. The first-order chi connectivity index (χ1) is 15.4. The van der Waals surface area contributed by atoms with Crippen LogP contribution in [-0.4, -0.2) is 29.0 Å². The highest BCUT2D eigenvalue weighted by atomic mass is 32.1.